The smallest absolute Gasteiger partial charge is 0.335 e. The van der Waals surface area contributed by atoms with Crippen LogP contribution < -0.4 is 15.0 Å². The predicted octanol–water partition coefficient (Wildman–Crippen LogP) is 3.11. The van der Waals surface area contributed by atoms with Gasteiger partial charge in [0.25, 0.3) is 11.8 Å². The molecule has 28 heavy (non-hydrogen) atoms. The summed E-state index contributed by atoms with van der Waals surface area (Å²) in [5, 5.41) is 2.25. The van der Waals surface area contributed by atoms with E-state index < -0.39 is 17.8 Å². The number of carbonyl (C=O) groups excluding carboxylic acids is 3. The van der Waals surface area contributed by atoms with Gasteiger partial charge in [0.15, 0.2) is 0 Å². The number of ether oxygens (including phenoxy) is 1. The number of hydrogen-bond donors (Lipinski definition) is 1. The third kappa shape index (κ3) is 2.98. The molecule has 0 radical (unpaired) electrons. The molecular formula is C21H21N3O4. The van der Waals surface area contributed by atoms with Gasteiger partial charge in [-0.1, -0.05) is 6.07 Å². The number of nitrogens with one attached hydrogen (secondary N) is 1. The van der Waals surface area contributed by atoms with E-state index in [-0.39, 0.29) is 5.57 Å². The Kier molecular flexibility index (Phi) is 4.30. The van der Waals surface area contributed by atoms with Crippen LogP contribution in [0.3, 0.4) is 0 Å². The molecule has 1 aromatic carbocycles. The van der Waals surface area contributed by atoms with Crippen LogP contribution >= 0.6 is 0 Å². The maximum atomic E-state index is 13.0. The summed E-state index contributed by atoms with van der Waals surface area (Å²) in [4.78, 5) is 38.7. The van der Waals surface area contributed by atoms with E-state index >= 15 is 0 Å². The summed E-state index contributed by atoms with van der Waals surface area (Å²) >= 11 is 0. The highest BCUT2D eigenvalue weighted by molar-refractivity contribution is 6.39. The number of imide groups is 2. The maximum absolute atomic E-state index is 13.0. The van der Waals surface area contributed by atoms with Crippen LogP contribution in [0.2, 0.25) is 0 Å². The topological polar surface area (TPSA) is 80.6 Å². The number of methoxy groups -OCH3 is 1. The van der Waals surface area contributed by atoms with Gasteiger partial charge in [-0.25, -0.2) is 9.69 Å². The Balaban J connectivity index is 1.74. The van der Waals surface area contributed by atoms with E-state index in [1.807, 2.05) is 19.9 Å². The van der Waals surface area contributed by atoms with E-state index in [1.165, 1.54) is 7.11 Å². The Bertz CT molecular complexity index is 1030. The van der Waals surface area contributed by atoms with Gasteiger partial charge in [0.2, 0.25) is 0 Å². The molecule has 144 valence electrons. The first-order valence-corrected chi connectivity index (χ1v) is 9.14. The fourth-order valence-corrected chi connectivity index (χ4v) is 3.64. The van der Waals surface area contributed by atoms with E-state index in [0.717, 1.165) is 34.7 Å². The molecule has 1 saturated heterocycles. The summed E-state index contributed by atoms with van der Waals surface area (Å²) in [6.07, 6.45) is 3.85. The van der Waals surface area contributed by atoms with E-state index in [1.54, 1.807) is 30.3 Å². The lowest BCUT2D eigenvalue weighted by molar-refractivity contribution is -0.122. The van der Waals surface area contributed by atoms with E-state index in [2.05, 4.69) is 9.88 Å². The van der Waals surface area contributed by atoms with Crippen LogP contribution in [0, 0.1) is 13.8 Å². The number of nitrogens with zero attached hydrogens (tertiary/aromatic N) is 2. The van der Waals surface area contributed by atoms with Gasteiger partial charge in [-0.3, -0.25) is 14.9 Å². The predicted molar refractivity (Wildman–Crippen MR) is 104 cm³/mol. The minimum Gasteiger partial charge on any atom is -0.497 e. The highest BCUT2D eigenvalue weighted by atomic mass is 16.5. The molecule has 1 N–H and O–H groups in total. The average Bonchev–Trinajstić information content (AvgIpc) is 3.44. The number of aromatic nitrogens is 1. The van der Waals surface area contributed by atoms with Crippen LogP contribution in [-0.2, 0) is 9.59 Å². The molecule has 0 spiro atoms. The summed E-state index contributed by atoms with van der Waals surface area (Å²) in [6.45, 7) is 4.00. The molecule has 0 unspecified atom stereocenters. The number of anilines is 1. The van der Waals surface area contributed by atoms with Crippen LogP contribution in [0.4, 0.5) is 10.5 Å². The number of amides is 4. The van der Waals surface area contributed by atoms with E-state index in [4.69, 9.17) is 4.74 Å². The second kappa shape index (κ2) is 6.67. The Morgan fingerprint density at radius 3 is 2.57 bits per heavy atom. The van der Waals surface area contributed by atoms with Gasteiger partial charge < -0.3 is 9.30 Å². The molecule has 2 aliphatic rings. The Hall–Kier alpha value is -3.35. The lowest BCUT2D eigenvalue weighted by Gasteiger charge is -2.26. The number of urea groups is 1. The maximum Gasteiger partial charge on any atom is 0.335 e. The summed E-state index contributed by atoms with van der Waals surface area (Å²) in [5.74, 6) is -0.836. The van der Waals surface area contributed by atoms with E-state index in [9.17, 15) is 14.4 Å². The van der Waals surface area contributed by atoms with Crippen LogP contribution in [0.5, 0.6) is 5.75 Å². The molecular weight excluding hydrogens is 358 g/mol. The molecule has 0 atom stereocenters. The highest BCUT2D eigenvalue weighted by Gasteiger charge is 2.37. The van der Waals surface area contributed by atoms with Gasteiger partial charge in [0.05, 0.1) is 12.8 Å². The van der Waals surface area contributed by atoms with Gasteiger partial charge in [-0.15, -0.1) is 0 Å². The summed E-state index contributed by atoms with van der Waals surface area (Å²) in [7, 11) is 1.50. The van der Waals surface area contributed by atoms with Gasteiger partial charge in [0, 0.05) is 23.5 Å². The Morgan fingerprint density at radius 2 is 1.89 bits per heavy atom. The Morgan fingerprint density at radius 1 is 1.14 bits per heavy atom. The van der Waals surface area contributed by atoms with Gasteiger partial charge in [0.1, 0.15) is 11.3 Å². The fourth-order valence-electron chi connectivity index (χ4n) is 3.64. The SMILES string of the molecule is COc1cccc(N2C(=O)NC(=O)C(=Cc3cc(C)n(C4CC4)c3C)C2=O)c1. The van der Waals surface area contributed by atoms with Gasteiger partial charge in [-0.2, -0.15) is 0 Å². The van der Waals surface area contributed by atoms with E-state index in [0.29, 0.717) is 17.5 Å². The van der Waals surface area contributed by atoms with Crippen molar-refractivity contribution in [1.29, 1.82) is 0 Å². The molecule has 4 amide bonds. The molecule has 1 aliphatic heterocycles. The first kappa shape index (κ1) is 18.0. The summed E-state index contributed by atoms with van der Waals surface area (Å²) < 4.78 is 7.40. The fraction of sp³-hybridized carbons (Fsp3) is 0.286. The first-order chi connectivity index (χ1) is 13.4. The monoisotopic (exact) mass is 379 g/mol. The number of hydrogen-bond acceptors (Lipinski definition) is 4. The molecule has 7 heteroatoms. The molecule has 7 nitrogen and oxygen atoms in total. The van der Waals surface area contributed by atoms with Crippen LogP contribution in [0.15, 0.2) is 35.9 Å². The van der Waals surface area contributed by atoms with Crippen LogP contribution in [-0.4, -0.2) is 29.5 Å². The zero-order chi connectivity index (χ0) is 20.0. The molecule has 2 aromatic rings. The molecule has 2 fully saturated rings. The number of carbonyl (C=O) groups is 3. The Labute approximate surface area is 162 Å². The summed E-state index contributed by atoms with van der Waals surface area (Å²) in [6, 6.07) is 8.27. The second-order valence-electron chi connectivity index (χ2n) is 7.09. The number of aryl methyl sites for hydroxylation is 1. The van der Waals surface area contributed by atoms with Crippen molar-refractivity contribution >= 4 is 29.6 Å². The number of rotatable bonds is 4. The lowest BCUT2D eigenvalue weighted by Crippen LogP contribution is -2.54. The molecule has 0 bridgehead atoms. The van der Waals surface area contributed by atoms with Crippen molar-refractivity contribution in [1.82, 2.24) is 9.88 Å². The van der Waals surface area contributed by atoms with Gasteiger partial charge in [-0.05, 0) is 56.5 Å². The number of barbiturate groups is 1. The van der Waals surface area contributed by atoms with Gasteiger partial charge >= 0.3 is 6.03 Å². The summed E-state index contributed by atoms with van der Waals surface area (Å²) in [5.41, 5.74) is 3.18. The minimum atomic E-state index is -0.774. The third-order valence-electron chi connectivity index (χ3n) is 5.15. The minimum absolute atomic E-state index is 0.0709. The van der Waals surface area contributed by atoms with Crippen molar-refractivity contribution in [3.63, 3.8) is 0 Å². The second-order valence-corrected chi connectivity index (χ2v) is 7.09. The van der Waals surface area contributed by atoms with Crippen molar-refractivity contribution < 1.29 is 19.1 Å². The molecule has 1 aromatic heterocycles. The van der Waals surface area contributed by atoms with Crippen LogP contribution in [0.1, 0.15) is 35.8 Å². The zero-order valence-electron chi connectivity index (χ0n) is 16.0. The lowest BCUT2D eigenvalue weighted by atomic mass is 10.1. The van der Waals surface area contributed by atoms with Crippen LogP contribution in [0.25, 0.3) is 6.08 Å². The number of benzene rings is 1. The average molecular weight is 379 g/mol. The molecule has 1 saturated carbocycles. The molecule has 4 rings (SSSR count). The first-order valence-electron chi connectivity index (χ1n) is 9.14. The van der Waals surface area contributed by atoms with Crippen molar-refractivity contribution in [2.45, 2.75) is 32.7 Å². The normalized spacial score (nSPS) is 18.6. The highest BCUT2D eigenvalue weighted by Crippen LogP contribution is 2.38. The molecule has 1 aliphatic carbocycles. The third-order valence-corrected chi connectivity index (χ3v) is 5.15. The quantitative estimate of drug-likeness (QED) is 0.654. The van der Waals surface area contributed by atoms with Crippen molar-refractivity contribution in [2.24, 2.45) is 0 Å². The van der Waals surface area contributed by atoms with Crippen molar-refractivity contribution in [2.75, 3.05) is 12.0 Å². The standard InChI is InChI=1S/C21H21N3O4/c1-12-9-14(13(2)23(12)15-7-8-15)10-18-19(25)22-21(27)24(20(18)26)16-5-4-6-17(11-16)28-3/h4-6,9-11,15H,7-8H2,1-3H3,(H,22,25,27). The zero-order valence-corrected chi connectivity index (χ0v) is 16.0. The van der Waals surface area contributed by atoms with Crippen molar-refractivity contribution in [3.05, 3.63) is 52.9 Å². The largest absolute Gasteiger partial charge is 0.497 e. The van der Waals surface area contributed by atoms with Crippen molar-refractivity contribution in [3.8, 4) is 5.75 Å². The molecule has 2 heterocycles.